The molecule has 1 saturated heterocycles. The average molecular weight is 532 g/mol. The molecule has 2 amide bonds. The molecule has 0 bridgehead atoms. The molecular weight excluding hydrogens is 499 g/mol. The Morgan fingerprint density at radius 3 is 1.95 bits per heavy atom. The van der Waals surface area contributed by atoms with Crippen LogP contribution in [-0.4, -0.2) is 57.7 Å². The van der Waals surface area contributed by atoms with E-state index in [4.69, 9.17) is 0 Å². The summed E-state index contributed by atoms with van der Waals surface area (Å²) in [4.78, 5) is 43.4. The van der Waals surface area contributed by atoms with Crippen LogP contribution in [0.4, 0.5) is 13.2 Å². The maximum atomic E-state index is 13.5. The van der Waals surface area contributed by atoms with Crippen LogP contribution < -0.4 is 0 Å². The highest BCUT2D eigenvalue weighted by Gasteiger charge is 2.43. The minimum Gasteiger partial charge on any atom is -0.507 e. The molecule has 1 heterocycles. The van der Waals surface area contributed by atoms with Gasteiger partial charge in [0.2, 0.25) is 11.9 Å². The summed E-state index contributed by atoms with van der Waals surface area (Å²) in [5.41, 5.74) is 0.863. The van der Waals surface area contributed by atoms with Gasteiger partial charge < -0.3 is 10.0 Å². The zero-order chi connectivity index (χ0) is 28.6. The van der Waals surface area contributed by atoms with E-state index < -0.39 is 47.1 Å². The van der Waals surface area contributed by atoms with Gasteiger partial charge in [0.15, 0.2) is 5.78 Å². The van der Waals surface area contributed by atoms with E-state index in [1.807, 2.05) is 41.5 Å². The molecule has 0 unspecified atom stereocenters. The first-order valence-corrected chi connectivity index (χ1v) is 12.1. The molecule has 2 aromatic rings. The predicted molar refractivity (Wildman–Crippen MR) is 137 cm³/mol. The van der Waals surface area contributed by atoms with Crippen LogP contribution in [0.25, 0.3) is 0 Å². The van der Waals surface area contributed by atoms with Crippen molar-refractivity contribution < 1.29 is 32.7 Å². The highest BCUT2D eigenvalue weighted by molar-refractivity contribution is 6.12. The number of carbonyl (C=O) groups is 3. The van der Waals surface area contributed by atoms with E-state index >= 15 is 0 Å². The molecule has 204 valence electrons. The molecule has 0 aromatic heterocycles. The number of benzene rings is 2. The fourth-order valence-corrected chi connectivity index (χ4v) is 4.15. The normalized spacial score (nSPS) is 15.9. The van der Waals surface area contributed by atoms with E-state index in [0.717, 1.165) is 4.90 Å². The van der Waals surface area contributed by atoms with Gasteiger partial charge in [-0.3, -0.25) is 19.3 Å². The van der Waals surface area contributed by atoms with Crippen LogP contribution in [0.15, 0.2) is 47.5 Å². The number of ketones is 1. The van der Waals surface area contributed by atoms with Crippen LogP contribution in [-0.2, 0) is 27.0 Å². The van der Waals surface area contributed by atoms with Crippen LogP contribution in [0.2, 0.25) is 0 Å². The summed E-state index contributed by atoms with van der Waals surface area (Å²) in [6.45, 7) is 10.3. The van der Waals surface area contributed by atoms with Gasteiger partial charge in [-0.25, -0.2) is 0 Å². The zero-order valence-electron chi connectivity index (χ0n) is 22.3. The molecule has 38 heavy (non-hydrogen) atoms. The molecule has 1 N–H and O–H groups in total. The zero-order valence-corrected chi connectivity index (χ0v) is 22.3. The SMILES string of the molecule is CC(C)(C)c1cc(C(=O)CN2C(=O)CN(Cc3ccccc3)C2=NC(=O)C(F)(F)F)cc(C(C)(C)C)c1O. The topological polar surface area (TPSA) is 90.3 Å². The molecule has 1 fully saturated rings. The Labute approximate surface area is 220 Å². The lowest BCUT2D eigenvalue weighted by Crippen LogP contribution is -2.40. The number of hydrogen-bond acceptors (Lipinski definition) is 4. The number of alkyl halides is 3. The van der Waals surface area contributed by atoms with E-state index in [0.29, 0.717) is 16.7 Å². The molecule has 0 saturated carbocycles. The summed E-state index contributed by atoms with van der Waals surface area (Å²) in [7, 11) is 0. The number of aliphatic imine (C=N–C) groups is 1. The number of Topliss-reactive ketones (excluding diaryl/α,β-unsaturated/α-hetero) is 1. The van der Waals surface area contributed by atoms with Crippen molar-refractivity contribution in [2.75, 3.05) is 13.1 Å². The Morgan fingerprint density at radius 1 is 0.947 bits per heavy atom. The molecular formula is C28H32F3N3O4. The van der Waals surface area contributed by atoms with Crippen molar-refractivity contribution in [2.45, 2.75) is 65.1 Å². The first-order valence-electron chi connectivity index (χ1n) is 12.1. The van der Waals surface area contributed by atoms with Gasteiger partial charge >= 0.3 is 12.1 Å². The fraction of sp³-hybridized carbons (Fsp3) is 0.429. The van der Waals surface area contributed by atoms with Crippen molar-refractivity contribution >= 4 is 23.6 Å². The lowest BCUT2D eigenvalue weighted by atomic mass is 9.78. The van der Waals surface area contributed by atoms with E-state index in [1.54, 1.807) is 30.3 Å². The highest BCUT2D eigenvalue weighted by Crippen LogP contribution is 2.40. The fourth-order valence-electron chi connectivity index (χ4n) is 4.15. The van der Waals surface area contributed by atoms with E-state index in [1.165, 1.54) is 17.0 Å². The third kappa shape index (κ3) is 6.41. The molecule has 3 rings (SSSR count). The van der Waals surface area contributed by atoms with Crippen LogP contribution in [0, 0.1) is 0 Å². The number of phenolic OH excluding ortho intramolecular Hbond substituents is 1. The maximum absolute atomic E-state index is 13.5. The van der Waals surface area contributed by atoms with E-state index in [9.17, 15) is 32.7 Å². The van der Waals surface area contributed by atoms with Crippen LogP contribution >= 0.6 is 0 Å². The number of carbonyl (C=O) groups excluding carboxylic acids is 3. The molecule has 1 aliphatic rings. The van der Waals surface area contributed by atoms with Crippen LogP contribution in [0.1, 0.15) is 68.6 Å². The number of guanidine groups is 1. The van der Waals surface area contributed by atoms with Gasteiger partial charge in [-0.15, -0.1) is 0 Å². The van der Waals surface area contributed by atoms with Crippen LogP contribution in [0.3, 0.4) is 0 Å². The standard InChI is InChI=1S/C28H32F3N3O4/c1-26(2,3)19-12-18(13-20(23(19)37)27(4,5)6)21(35)15-34-22(36)16-33(14-17-10-8-7-9-11-17)25(34)32-24(38)28(29,30)31/h7-13,37H,14-16H2,1-6H3. The Hall–Kier alpha value is -3.69. The summed E-state index contributed by atoms with van der Waals surface area (Å²) in [6.07, 6.45) is -5.24. The van der Waals surface area contributed by atoms with Gasteiger partial charge in [-0.2, -0.15) is 18.2 Å². The maximum Gasteiger partial charge on any atom is 0.473 e. The van der Waals surface area contributed by atoms with Crippen LogP contribution in [0.5, 0.6) is 5.75 Å². The largest absolute Gasteiger partial charge is 0.507 e. The van der Waals surface area contributed by atoms with Gasteiger partial charge in [-0.1, -0.05) is 71.9 Å². The Bertz CT molecular complexity index is 1240. The second-order valence-corrected chi connectivity index (χ2v) is 11.4. The predicted octanol–water partition coefficient (Wildman–Crippen LogP) is 4.96. The third-order valence-corrected chi connectivity index (χ3v) is 6.16. The van der Waals surface area contributed by atoms with Crippen molar-refractivity contribution in [3.8, 4) is 5.75 Å². The summed E-state index contributed by atoms with van der Waals surface area (Å²) in [6, 6.07) is 11.7. The van der Waals surface area contributed by atoms with E-state index in [-0.39, 0.29) is 24.4 Å². The summed E-state index contributed by atoms with van der Waals surface area (Å²) < 4.78 is 39.3. The highest BCUT2D eigenvalue weighted by atomic mass is 19.4. The quantitative estimate of drug-likeness (QED) is 0.551. The number of nitrogens with zero attached hydrogens (tertiary/aromatic N) is 3. The smallest absolute Gasteiger partial charge is 0.473 e. The van der Waals surface area contributed by atoms with Crippen molar-refractivity contribution in [3.05, 3.63) is 64.7 Å². The van der Waals surface area contributed by atoms with Crippen molar-refractivity contribution in [1.82, 2.24) is 9.80 Å². The minimum atomic E-state index is -5.24. The second kappa shape index (κ2) is 10.2. The van der Waals surface area contributed by atoms with Gasteiger partial charge in [0.05, 0.1) is 6.54 Å². The van der Waals surface area contributed by atoms with Gasteiger partial charge in [0.25, 0.3) is 0 Å². The van der Waals surface area contributed by atoms with E-state index in [2.05, 4.69) is 4.99 Å². The molecule has 0 radical (unpaired) electrons. The average Bonchev–Trinajstić information content (AvgIpc) is 3.06. The molecule has 1 aliphatic heterocycles. The van der Waals surface area contributed by atoms with Crippen molar-refractivity contribution in [2.24, 2.45) is 4.99 Å². The Kier molecular flexibility index (Phi) is 7.77. The van der Waals surface area contributed by atoms with Gasteiger partial charge in [-0.05, 0) is 28.5 Å². The second-order valence-electron chi connectivity index (χ2n) is 11.4. The first kappa shape index (κ1) is 28.9. The molecule has 10 heteroatoms. The molecule has 0 spiro atoms. The number of phenols is 1. The van der Waals surface area contributed by atoms with Gasteiger partial charge in [0, 0.05) is 23.2 Å². The summed E-state index contributed by atoms with van der Waals surface area (Å²) in [5, 5.41) is 10.9. The third-order valence-electron chi connectivity index (χ3n) is 6.16. The number of halogens is 3. The summed E-state index contributed by atoms with van der Waals surface area (Å²) >= 11 is 0. The lowest BCUT2D eigenvalue weighted by Gasteiger charge is -2.28. The Balaban J connectivity index is 2.03. The minimum absolute atomic E-state index is 0.0167. The van der Waals surface area contributed by atoms with Crippen molar-refractivity contribution in [3.63, 3.8) is 0 Å². The molecule has 7 nitrogen and oxygen atoms in total. The number of amides is 2. The summed E-state index contributed by atoms with van der Waals surface area (Å²) in [5.74, 6) is -4.06. The molecule has 0 aliphatic carbocycles. The first-order chi connectivity index (χ1) is 17.4. The van der Waals surface area contributed by atoms with Gasteiger partial charge in [0.1, 0.15) is 12.3 Å². The Morgan fingerprint density at radius 2 is 1.47 bits per heavy atom. The monoisotopic (exact) mass is 531 g/mol. The molecule has 2 aromatic carbocycles. The number of hydrogen-bond donors (Lipinski definition) is 1. The van der Waals surface area contributed by atoms with Crippen molar-refractivity contribution in [1.29, 1.82) is 0 Å². The molecule has 0 atom stereocenters. The number of aromatic hydroxyl groups is 1. The lowest BCUT2D eigenvalue weighted by molar-refractivity contribution is -0.169. The number of rotatable bonds is 5.